The number of amides is 1. The summed E-state index contributed by atoms with van der Waals surface area (Å²) >= 11 is 0. The molecule has 0 bridgehead atoms. The summed E-state index contributed by atoms with van der Waals surface area (Å²) in [6.45, 7) is 1.76. The van der Waals surface area contributed by atoms with Gasteiger partial charge in [0.2, 0.25) is 0 Å². The molecule has 0 saturated carbocycles. The summed E-state index contributed by atoms with van der Waals surface area (Å²) in [4.78, 5) is 18.0. The summed E-state index contributed by atoms with van der Waals surface area (Å²) in [5.41, 5.74) is -0.246. The Balaban J connectivity index is 1.73. The minimum atomic E-state index is -0.691. The molecule has 1 N–H and O–H groups in total. The van der Waals surface area contributed by atoms with Crippen LogP contribution in [0.2, 0.25) is 0 Å². The van der Waals surface area contributed by atoms with Gasteiger partial charge in [0.1, 0.15) is 29.8 Å². The highest BCUT2D eigenvalue weighted by atomic mass is 19.1. The molecule has 1 amide bonds. The van der Waals surface area contributed by atoms with Crippen molar-refractivity contribution in [3.63, 3.8) is 0 Å². The van der Waals surface area contributed by atoms with Gasteiger partial charge in [0.25, 0.3) is 5.91 Å². The third-order valence-electron chi connectivity index (χ3n) is 3.92. The molecule has 1 aliphatic heterocycles. The highest BCUT2D eigenvalue weighted by Crippen LogP contribution is 2.25. The Kier molecular flexibility index (Phi) is 4.04. The van der Waals surface area contributed by atoms with Gasteiger partial charge in [0, 0.05) is 19.6 Å². The van der Waals surface area contributed by atoms with Crippen LogP contribution in [-0.2, 0) is 6.54 Å². The van der Waals surface area contributed by atoms with Gasteiger partial charge in [-0.2, -0.15) is 5.10 Å². The normalized spacial score (nSPS) is 18.4. The molecule has 2 aromatic rings. The van der Waals surface area contributed by atoms with Crippen molar-refractivity contribution in [1.82, 2.24) is 19.7 Å². The van der Waals surface area contributed by atoms with E-state index in [-0.39, 0.29) is 17.2 Å². The number of benzene rings is 1. The van der Waals surface area contributed by atoms with E-state index in [0.29, 0.717) is 19.6 Å². The average Bonchev–Trinajstić information content (AvgIpc) is 3.00. The molecule has 0 aliphatic carbocycles. The number of halogens is 1. The van der Waals surface area contributed by atoms with Crippen LogP contribution in [0.4, 0.5) is 4.39 Å². The molecule has 1 aliphatic rings. The van der Waals surface area contributed by atoms with Crippen molar-refractivity contribution in [2.24, 2.45) is 5.92 Å². The first-order valence-electron chi connectivity index (χ1n) is 7.24. The molecule has 1 saturated heterocycles. The van der Waals surface area contributed by atoms with E-state index in [4.69, 9.17) is 0 Å². The predicted molar refractivity (Wildman–Crippen MR) is 76.7 cm³/mol. The maximum absolute atomic E-state index is 13.8. The summed E-state index contributed by atoms with van der Waals surface area (Å²) in [5, 5.41) is 13.8. The van der Waals surface area contributed by atoms with E-state index in [9.17, 15) is 14.3 Å². The highest BCUT2D eigenvalue weighted by molar-refractivity contribution is 5.97. The summed E-state index contributed by atoms with van der Waals surface area (Å²) in [6.07, 6.45) is 4.94. The number of hydrogen-bond acceptors (Lipinski definition) is 4. The summed E-state index contributed by atoms with van der Waals surface area (Å²) < 4.78 is 15.6. The van der Waals surface area contributed by atoms with Crippen LogP contribution in [0.3, 0.4) is 0 Å². The van der Waals surface area contributed by atoms with Crippen LogP contribution in [0.25, 0.3) is 0 Å². The topological polar surface area (TPSA) is 71.2 Å². The number of phenols is 1. The minimum absolute atomic E-state index is 0.244. The van der Waals surface area contributed by atoms with Crippen LogP contribution in [0.1, 0.15) is 23.2 Å². The maximum Gasteiger partial charge on any atom is 0.260 e. The number of likely N-dealkylation sites (tertiary alicyclic amines) is 1. The van der Waals surface area contributed by atoms with Gasteiger partial charge in [0.05, 0.1) is 0 Å². The van der Waals surface area contributed by atoms with E-state index in [1.54, 1.807) is 15.9 Å². The molecular weight excluding hydrogens is 287 g/mol. The number of aromatic hydroxyl groups is 1. The number of nitrogens with zero attached hydrogens (tertiary/aromatic N) is 4. The highest BCUT2D eigenvalue weighted by Gasteiger charge is 2.28. The van der Waals surface area contributed by atoms with Gasteiger partial charge in [-0.3, -0.25) is 9.48 Å². The van der Waals surface area contributed by atoms with Gasteiger partial charge in [0.15, 0.2) is 0 Å². The second-order valence-corrected chi connectivity index (χ2v) is 5.51. The van der Waals surface area contributed by atoms with Gasteiger partial charge in [-0.1, -0.05) is 6.07 Å². The zero-order valence-electron chi connectivity index (χ0n) is 12.0. The SMILES string of the molecule is O=C(c1c(O)cccc1F)N1CCCC(Cn2cncn2)C1. The Labute approximate surface area is 127 Å². The molecule has 1 fully saturated rings. The fourth-order valence-corrected chi connectivity index (χ4v) is 2.87. The monoisotopic (exact) mass is 304 g/mol. The van der Waals surface area contributed by atoms with Crippen molar-refractivity contribution in [3.05, 3.63) is 42.2 Å². The van der Waals surface area contributed by atoms with Crippen molar-refractivity contribution >= 4 is 5.91 Å². The zero-order valence-corrected chi connectivity index (χ0v) is 12.0. The summed E-state index contributed by atoms with van der Waals surface area (Å²) in [7, 11) is 0. The molecule has 1 unspecified atom stereocenters. The lowest BCUT2D eigenvalue weighted by molar-refractivity contribution is 0.0651. The van der Waals surface area contributed by atoms with Crippen LogP contribution in [-0.4, -0.2) is 43.8 Å². The van der Waals surface area contributed by atoms with Gasteiger partial charge >= 0.3 is 0 Å². The van der Waals surface area contributed by atoms with Crippen LogP contribution in [0, 0.1) is 11.7 Å². The first-order chi connectivity index (χ1) is 10.6. The van der Waals surface area contributed by atoms with E-state index >= 15 is 0 Å². The minimum Gasteiger partial charge on any atom is -0.507 e. The lowest BCUT2D eigenvalue weighted by atomic mass is 9.97. The molecule has 1 aromatic heterocycles. The number of piperidine rings is 1. The molecule has 0 radical (unpaired) electrons. The molecule has 6 nitrogen and oxygen atoms in total. The smallest absolute Gasteiger partial charge is 0.260 e. The Bertz CT molecular complexity index is 639. The number of carbonyl (C=O) groups excluding carboxylic acids is 1. The largest absolute Gasteiger partial charge is 0.507 e. The van der Waals surface area contributed by atoms with Crippen molar-refractivity contribution in [2.45, 2.75) is 19.4 Å². The molecule has 22 heavy (non-hydrogen) atoms. The first kappa shape index (κ1) is 14.5. The van der Waals surface area contributed by atoms with Gasteiger partial charge < -0.3 is 10.0 Å². The zero-order chi connectivity index (χ0) is 15.5. The second-order valence-electron chi connectivity index (χ2n) is 5.51. The fourth-order valence-electron chi connectivity index (χ4n) is 2.87. The molecule has 7 heteroatoms. The lowest BCUT2D eigenvalue weighted by Gasteiger charge is -2.32. The van der Waals surface area contributed by atoms with E-state index < -0.39 is 11.7 Å². The predicted octanol–water partition coefficient (Wildman–Crippen LogP) is 1.68. The molecule has 1 aromatic carbocycles. The Morgan fingerprint density at radius 3 is 3.05 bits per heavy atom. The van der Waals surface area contributed by atoms with Gasteiger partial charge in [-0.15, -0.1) is 0 Å². The van der Waals surface area contributed by atoms with E-state index in [1.165, 1.54) is 24.5 Å². The third-order valence-corrected chi connectivity index (χ3v) is 3.92. The van der Waals surface area contributed by atoms with Crippen LogP contribution >= 0.6 is 0 Å². The standard InChI is InChI=1S/C15H17FN4O2/c16-12-4-1-5-13(21)14(12)15(22)19-6-2-3-11(7-19)8-20-10-17-9-18-20/h1,4-5,9-11,21H,2-3,6-8H2. The van der Waals surface area contributed by atoms with Crippen LogP contribution in [0.15, 0.2) is 30.9 Å². The van der Waals surface area contributed by atoms with E-state index in [0.717, 1.165) is 12.8 Å². The Morgan fingerprint density at radius 2 is 2.32 bits per heavy atom. The number of hydrogen-bond donors (Lipinski definition) is 1. The van der Waals surface area contributed by atoms with Gasteiger partial charge in [-0.25, -0.2) is 9.37 Å². The van der Waals surface area contributed by atoms with Crippen molar-refractivity contribution < 1.29 is 14.3 Å². The second kappa shape index (κ2) is 6.13. The molecule has 1 atom stereocenters. The number of rotatable bonds is 3. The summed E-state index contributed by atoms with van der Waals surface area (Å²) in [6, 6.07) is 3.89. The Morgan fingerprint density at radius 1 is 1.45 bits per heavy atom. The number of phenolic OH excluding ortho intramolecular Hbond substituents is 1. The summed E-state index contributed by atoms with van der Waals surface area (Å²) in [5.74, 6) is -1.22. The Hall–Kier alpha value is -2.44. The van der Waals surface area contributed by atoms with E-state index in [1.807, 2.05) is 0 Å². The average molecular weight is 304 g/mol. The maximum atomic E-state index is 13.8. The molecule has 3 rings (SSSR count). The number of carbonyl (C=O) groups is 1. The first-order valence-corrected chi connectivity index (χ1v) is 7.24. The fraction of sp³-hybridized carbons (Fsp3) is 0.400. The molecule has 0 spiro atoms. The molecule has 2 heterocycles. The van der Waals surface area contributed by atoms with E-state index in [2.05, 4.69) is 10.1 Å². The van der Waals surface area contributed by atoms with Crippen LogP contribution in [0.5, 0.6) is 5.75 Å². The van der Waals surface area contributed by atoms with Crippen molar-refractivity contribution in [1.29, 1.82) is 0 Å². The van der Waals surface area contributed by atoms with Crippen molar-refractivity contribution in [3.8, 4) is 5.75 Å². The quantitative estimate of drug-likeness (QED) is 0.936. The van der Waals surface area contributed by atoms with Crippen molar-refractivity contribution in [2.75, 3.05) is 13.1 Å². The molecular formula is C15H17FN4O2. The lowest BCUT2D eigenvalue weighted by Crippen LogP contribution is -2.41. The molecule has 116 valence electrons. The van der Waals surface area contributed by atoms with Crippen LogP contribution < -0.4 is 0 Å². The third kappa shape index (κ3) is 2.93. The number of aromatic nitrogens is 3. The van der Waals surface area contributed by atoms with Gasteiger partial charge in [-0.05, 0) is 30.9 Å².